The van der Waals surface area contributed by atoms with Gasteiger partial charge in [-0.05, 0) is 24.7 Å². The molecule has 0 aliphatic heterocycles. The molecule has 0 atom stereocenters. The largest absolute Gasteiger partial charge is 0.480 e. The number of amides is 2. The number of urea groups is 1. The minimum absolute atomic E-state index is 0.256. The van der Waals surface area contributed by atoms with Gasteiger partial charge in [0, 0.05) is 20.2 Å². The topological polar surface area (TPSA) is 78.9 Å². The van der Waals surface area contributed by atoms with Gasteiger partial charge in [-0.25, -0.2) is 4.79 Å². The number of carboxylic acids is 1. The summed E-state index contributed by atoms with van der Waals surface area (Å²) in [4.78, 5) is 23.8. The van der Waals surface area contributed by atoms with E-state index < -0.39 is 5.97 Å². The fraction of sp³-hybridized carbons (Fsp3) is 0.833. The van der Waals surface area contributed by atoms with Crippen molar-refractivity contribution in [2.45, 2.75) is 26.2 Å². The van der Waals surface area contributed by atoms with Gasteiger partial charge in [-0.2, -0.15) is 0 Å². The van der Waals surface area contributed by atoms with E-state index in [1.165, 1.54) is 12.0 Å². The zero-order chi connectivity index (χ0) is 13.6. The first kappa shape index (κ1) is 14.8. The van der Waals surface area contributed by atoms with Crippen molar-refractivity contribution < 1.29 is 19.4 Å². The van der Waals surface area contributed by atoms with Crippen LogP contribution in [0.3, 0.4) is 0 Å². The minimum atomic E-state index is -1.02. The van der Waals surface area contributed by atoms with Crippen molar-refractivity contribution in [3.8, 4) is 0 Å². The van der Waals surface area contributed by atoms with Gasteiger partial charge in [-0.15, -0.1) is 0 Å². The highest BCUT2D eigenvalue weighted by molar-refractivity contribution is 5.80. The Hall–Kier alpha value is -1.30. The third-order valence-corrected chi connectivity index (χ3v) is 3.50. The summed E-state index contributed by atoms with van der Waals surface area (Å²) in [5.74, 6) is -1.02. The summed E-state index contributed by atoms with van der Waals surface area (Å²) < 4.78 is 4.87. The molecule has 1 aliphatic rings. The van der Waals surface area contributed by atoms with Crippen molar-refractivity contribution in [3.05, 3.63) is 0 Å². The normalized spacial score (nSPS) is 16.1. The molecular weight excluding hydrogens is 236 g/mol. The van der Waals surface area contributed by atoms with E-state index in [1.54, 1.807) is 0 Å². The van der Waals surface area contributed by atoms with Gasteiger partial charge >= 0.3 is 12.0 Å². The number of methoxy groups -OCH3 is 1. The van der Waals surface area contributed by atoms with E-state index in [2.05, 4.69) is 12.2 Å². The van der Waals surface area contributed by atoms with Gasteiger partial charge in [0.2, 0.25) is 0 Å². The van der Waals surface area contributed by atoms with Crippen molar-refractivity contribution in [2.75, 3.05) is 33.4 Å². The zero-order valence-corrected chi connectivity index (χ0v) is 11.1. The molecule has 2 N–H and O–H groups in total. The summed E-state index contributed by atoms with van der Waals surface area (Å²) in [6.07, 6.45) is 3.33. The van der Waals surface area contributed by atoms with Crippen molar-refractivity contribution in [1.82, 2.24) is 10.2 Å². The predicted octanol–water partition coefficient (Wildman–Crippen LogP) is 0.919. The maximum absolute atomic E-state index is 11.9. The average Bonchev–Trinajstić information content (AvgIpc) is 3.12. The molecule has 18 heavy (non-hydrogen) atoms. The quantitative estimate of drug-likeness (QED) is 0.678. The molecule has 0 bridgehead atoms. The highest BCUT2D eigenvalue weighted by Gasteiger charge is 2.40. The molecule has 0 aromatic carbocycles. The molecule has 1 rings (SSSR count). The first-order valence-corrected chi connectivity index (χ1v) is 6.26. The summed E-state index contributed by atoms with van der Waals surface area (Å²) in [5.41, 5.74) is 0.256. The fourth-order valence-electron chi connectivity index (χ4n) is 1.82. The van der Waals surface area contributed by atoms with Gasteiger partial charge in [-0.3, -0.25) is 4.79 Å². The monoisotopic (exact) mass is 258 g/mol. The molecule has 0 radical (unpaired) electrons. The van der Waals surface area contributed by atoms with E-state index in [9.17, 15) is 9.59 Å². The van der Waals surface area contributed by atoms with Crippen molar-refractivity contribution in [3.63, 3.8) is 0 Å². The fourth-order valence-corrected chi connectivity index (χ4v) is 1.82. The van der Waals surface area contributed by atoms with Crippen LogP contribution in [-0.4, -0.2) is 55.4 Å². The van der Waals surface area contributed by atoms with Crippen LogP contribution in [0.1, 0.15) is 26.2 Å². The number of aliphatic carboxylic acids is 1. The number of carboxylic acid groups (broad SMARTS) is 1. The van der Waals surface area contributed by atoms with E-state index in [1.807, 2.05) is 0 Å². The molecule has 0 saturated heterocycles. The minimum Gasteiger partial charge on any atom is -0.480 e. The Bertz CT molecular complexity index is 302. The van der Waals surface area contributed by atoms with E-state index >= 15 is 0 Å². The predicted molar refractivity (Wildman–Crippen MR) is 66.4 cm³/mol. The molecule has 0 aromatic rings. The summed E-state index contributed by atoms with van der Waals surface area (Å²) >= 11 is 0. The van der Waals surface area contributed by atoms with Gasteiger partial charge in [0.15, 0.2) is 0 Å². The lowest BCUT2D eigenvalue weighted by Crippen LogP contribution is -2.45. The van der Waals surface area contributed by atoms with Crippen molar-refractivity contribution in [2.24, 2.45) is 5.41 Å². The number of hydrogen-bond donors (Lipinski definition) is 2. The molecule has 2 amide bonds. The molecular formula is C12H22N2O4. The molecule has 0 unspecified atom stereocenters. The van der Waals surface area contributed by atoms with Crippen LogP contribution in [0.5, 0.6) is 0 Å². The van der Waals surface area contributed by atoms with Gasteiger partial charge in [0.1, 0.15) is 6.54 Å². The summed E-state index contributed by atoms with van der Waals surface area (Å²) in [6.45, 7) is 3.06. The molecule has 6 heteroatoms. The van der Waals surface area contributed by atoms with Crippen molar-refractivity contribution >= 4 is 12.0 Å². The van der Waals surface area contributed by atoms with Gasteiger partial charge in [0.05, 0.1) is 6.61 Å². The van der Waals surface area contributed by atoms with E-state index in [0.717, 1.165) is 19.3 Å². The van der Waals surface area contributed by atoms with Crippen LogP contribution in [-0.2, 0) is 9.53 Å². The first-order chi connectivity index (χ1) is 8.53. The summed E-state index contributed by atoms with van der Waals surface area (Å²) in [5, 5.41) is 11.6. The van der Waals surface area contributed by atoms with E-state index in [0.29, 0.717) is 13.2 Å². The zero-order valence-electron chi connectivity index (χ0n) is 11.1. The number of hydrogen-bond acceptors (Lipinski definition) is 3. The van der Waals surface area contributed by atoms with Crippen LogP contribution < -0.4 is 5.32 Å². The second-order valence-electron chi connectivity index (χ2n) is 4.82. The molecule has 1 saturated carbocycles. The Labute approximate surface area is 107 Å². The Morgan fingerprint density at radius 2 is 2.11 bits per heavy atom. The average molecular weight is 258 g/mol. The number of ether oxygens (including phenoxy) is 1. The van der Waals surface area contributed by atoms with E-state index in [4.69, 9.17) is 9.84 Å². The van der Waals surface area contributed by atoms with Crippen LogP contribution in [0.25, 0.3) is 0 Å². The van der Waals surface area contributed by atoms with Crippen LogP contribution in [0.2, 0.25) is 0 Å². The molecule has 0 spiro atoms. The summed E-state index contributed by atoms with van der Waals surface area (Å²) in [7, 11) is 1.52. The van der Waals surface area contributed by atoms with Gasteiger partial charge in [0.25, 0.3) is 0 Å². The number of nitrogens with one attached hydrogen (secondary N) is 1. The Kier molecular flexibility index (Phi) is 5.40. The number of carbonyl (C=O) groups excluding carboxylic acids is 1. The lowest BCUT2D eigenvalue weighted by atomic mass is 10.0. The highest BCUT2D eigenvalue weighted by Crippen LogP contribution is 2.47. The molecule has 0 aromatic heterocycles. The Morgan fingerprint density at radius 1 is 1.44 bits per heavy atom. The lowest BCUT2D eigenvalue weighted by Gasteiger charge is -2.22. The smallest absolute Gasteiger partial charge is 0.323 e. The van der Waals surface area contributed by atoms with E-state index in [-0.39, 0.29) is 24.5 Å². The second-order valence-corrected chi connectivity index (χ2v) is 4.82. The number of carbonyl (C=O) groups is 2. The van der Waals surface area contributed by atoms with Crippen molar-refractivity contribution in [1.29, 1.82) is 0 Å². The van der Waals surface area contributed by atoms with Gasteiger partial charge in [-0.1, -0.05) is 6.92 Å². The standard InChI is InChI=1S/C12H22N2O4/c1-3-12(4-5-12)9-13-11(17)14(6-7-18-2)8-10(15)16/h3-9H2,1-2H3,(H,13,17)(H,15,16). The SMILES string of the molecule is CCC1(CNC(=O)N(CCOC)CC(=O)O)CC1. The van der Waals surface area contributed by atoms with Crippen LogP contribution >= 0.6 is 0 Å². The third-order valence-electron chi connectivity index (χ3n) is 3.50. The number of rotatable bonds is 8. The maximum atomic E-state index is 11.9. The summed E-state index contributed by atoms with van der Waals surface area (Å²) in [6, 6.07) is -0.325. The second kappa shape index (κ2) is 6.58. The molecule has 6 nitrogen and oxygen atoms in total. The molecule has 1 aliphatic carbocycles. The molecule has 0 heterocycles. The van der Waals surface area contributed by atoms with Crippen LogP contribution in [0.4, 0.5) is 4.79 Å². The first-order valence-electron chi connectivity index (χ1n) is 6.26. The number of nitrogens with zero attached hydrogens (tertiary/aromatic N) is 1. The van der Waals surface area contributed by atoms with Crippen LogP contribution in [0.15, 0.2) is 0 Å². The highest BCUT2D eigenvalue weighted by atomic mass is 16.5. The Balaban J connectivity index is 2.40. The lowest BCUT2D eigenvalue weighted by molar-refractivity contribution is -0.137. The Morgan fingerprint density at radius 3 is 2.56 bits per heavy atom. The molecule has 104 valence electrons. The van der Waals surface area contributed by atoms with Crippen LogP contribution in [0, 0.1) is 5.41 Å². The third kappa shape index (κ3) is 4.52. The maximum Gasteiger partial charge on any atom is 0.323 e. The molecule has 1 fully saturated rings. The van der Waals surface area contributed by atoms with Gasteiger partial charge < -0.3 is 20.1 Å².